The molecule has 5 nitrogen and oxygen atoms in total. The van der Waals surface area contributed by atoms with Gasteiger partial charge in [-0.3, -0.25) is 0 Å². The van der Waals surface area contributed by atoms with Crippen molar-refractivity contribution in [2.75, 3.05) is 6.61 Å². The van der Waals surface area contributed by atoms with Gasteiger partial charge in [0.2, 0.25) is 5.88 Å². The van der Waals surface area contributed by atoms with Crippen molar-refractivity contribution < 1.29 is 19.0 Å². The molecule has 0 aliphatic carbocycles. The molecule has 6 heteroatoms. The van der Waals surface area contributed by atoms with Crippen LogP contribution in [0.4, 0.5) is 0 Å². The van der Waals surface area contributed by atoms with E-state index in [0.717, 1.165) is 0 Å². The predicted octanol–water partition coefficient (Wildman–Crippen LogP) is 4.51. The highest BCUT2D eigenvalue weighted by atomic mass is 35.5. The maximum atomic E-state index is 11.8. The van der Waals surface area contributed by atoms with Crippen LogP contribution < -0.4 is 14.2 Å². The summed E-state index contributed by atoms with van der Waals surface area (Å²) < 4.78 is 16.1. The van der Waals surface area contributed by atoms with Crippen molar-refractivity contribution >= 4 is 17.6 Å². The molecule has 0 atom stereocenters. The van der Waals surface area contributed by atoms with Crippen molar-refractivity contribution in [1.82, 2.24) is 4.98 Å². The number of esters is 1. The van der Waals surface area contributed by atoms with Crippen molar-refractivity contribution in [1.29, 1.82) is 0 Å². The fraction of sp³-hybridized carbons (Fsp3) is 0.0526. The summed E-state index contributed by atoms with van der Waals surface area (Å²) in [7, 11) is 0. The maximum Gasteiger partial charge on any atom is 0.349 e. The van der Waals surface area contributed by atoms with Crippen LogP contribution in [0.2, 0.25) is 5.02 Å². The zero-order valence-electron chi connectivity index (χ0n) is 13.1. The van der Waals surface area contributed by atoms with E-state index in [0.29, 0.717) is 28.2 Å². The normalized spacial score (nSPS) is 10.1. The zero-order chi connectivity index (χ0) is 17.5. The summed E-state index contributed by atoms with van der Waals surface area (Å²) in [5.41, 5.74) is 0. The topological polar surface area (TPSA) is 57.7 Å². The largest absolute Gasteiger partial charge is 0.482 e. The summed E-state index contributed by atoms with van der Waals surface area (Å²) in [6.07, 6.45) is 1.65. The van der Waals surface area contributed by atoms with E-state index in [4.69, 9.17) is 25.8 Å². The lowest BCUT2D eigenvalue weighted by atomic mass is 10.3. The van der Waals surface area contributed by atoms with E-state index in [1.807, 2.05) is 12.1 Å². The molecule has 1 heterocycles. The van der Waals surface area contributed by atoms with Crippen molar-refractivity contribution in [3.8, 4) is 23.1 Å². The Labute approximate surface area is 149 Å². The van der Waals surface area contributed by atoms with Crippen LogP contribution in [0.25, 0.3) is 0 Å². The number of ether oxygens (including phenoxy) is 3. The molecule has 2 aromatic carbocycles. The lowest BCUT2D eigenvalue weighted by molar-refractivity contribution is -0.136. The number of hydrogen-bond donors (Lipinski definition) is 0. The van der Waals surface area contributed by atoms with Crippen LogP contribution in [0, 0.1) is 0 Å². The van der Waals surface area contributed by atoms with Gasteiger partial charge in [0, 0.05) is 17.3 Å². The minimum absolute atomic E-state index is 0.201. The third-order valence-corrected chi connectivity index (χ3v) is 3.34. The Bertz CT molecular complexity index is 820. The van der Waals surface area contributed by atoms with Crippen LogP contribution in [0.3, 0.4) is 0 Å². The Kier molecular flexibility index (Phi) is 5.49. The van der Waals surface area contributed by atoms with Crippen molar-refractivity contribution in [3.63, 3.8) is 0 Å². The molecule has 0 spiro atoms. The molecule has 0 saturated heterocycles. The lowest BCUT2D eigenvalue weighted by Gasteiger charge is -2.08. The molecule has 0 aliphatic rings. The number of rotatable bonds is 6. The van der Waals surface area contributed by atoms with Crippen molar-refractivity contribution in [2.24, 2.45) is 0 Å². The molecule has 3 rings (SSSR count). The van der Waals surface area contributed by atoms with E-state index >= 15 is 0 Å². The Balaban J connectivity index is 1.50. The van der Waals surface area contributed by atoms with Crippen LogP contribution in [0.1, 0.15) is 0 Å². The molecule has 0 saturated carbocycles. The van der Waals surface area contributed by atoms with Gasteiger partial charge in [0.15, 0.2) is 6.61 Å². The van der Waals surface area contributed by atoms with E-state index in [9.17, 15) is 4.79 Å². The standard InChI is InChI=1S/C19H14ClNO4/c20-14-4-6-15(7-5-14)23-13-19(22)25-17-10-8-16(9-11-17)24-18-3-1-2-12-21-18/h1-12H,13H2. The minimum Gasteiger partial charge on any atom is -0.482 e. The number of hydrogen-bond acceptors (Lipinski definition) is 5. The highest BCUT2D eigenvalue weighted by molar-refractivity contribution is 6.30. The molecule has 25 heavy (non-hydrogen) atoms. The number of benzene rings is 2. The summed E-state index contributed by atoms with van der Waals surface area (Å²) >= 11 is 5.78. The van der Waals surface area contributed by atoms with Gasteiger partial charge in [0.1, 0.15) is 17.2 Å². The van der Waals surface area contributed by atoms with Gasteiger partial charge in [-0.25, -0.2) is 9.78 Å². The van der Waals surface area contributed by atoms with Gasteiger partial charge in [-0.15, -0.1) is 0 Å². The first-order chi connectivity index (χ1) is 12.2. The van der Waals surface area contributed by atoms with Crippen molar-refractivity contribution in [2.45, 2.75) is 0 Å². The zero-order valence-corrected chi connectivity index (χ0v) is 13.8. The van der Waals surface area contributed by atoms with Gasteiger partial charge < -0.3 is 14.2 Å². The van der Waals surface area contributed by atoms with Crippen LogP contribution in [0.5, 0.6) is 23.1 Å². The summed E-state index contributed by atoms with van der Waals surface area (Å²) in [5, 5.41) is 0.600. The summed E-state index contributed by atoms with van der Waals surface area (Å²) in [4.78, 5) is 15.9. The van der Waals surface area contributed by atoms with Crippen LogP contribution in [-0.4, -0.2) is 17.6 Å². The number of pyridine rings is 1. The van der Waals surface area contributed by atoms with Gasteiger partial charge in [0.25, 0.3) is 0 Å². The first-order valence-electron chi connectivity index (χ1n) is 7.47. The van der Waals surface area contributed by atoms with Gasteiger partial charge in [-0.2, -0.15) is 0 Å². The van der Waals surface area contributed by atoms with E-state index in [1.54, 1.807) is 60.8 Å². The van der Waals surface area contributed by atoms with Crippen molar-refractivity contribution in [3.05, 3.63) is 77.9 Å². The Morgan fingerprint density at radius 1 is 0.880 bits per heavy atom. The Morgan fingerprint density at radius 2 is 1.56 bits per heavy atom. The van der Waals surface area contributed by atoms with Crippen LogP contribution in [-0.2, 0) is 4.79 Å². The summed E-state index contributed by atoms with van der Waals surface area (Å²) in [6.45, 7) is -0.201. The number of halogens is 1. The van der Waals surface area contributed by atoms with Gasteiger partial charge in [0.05, 0.1) is 0 Å². The SMILES string of the molecule is O=C(COc1ccc(Cl)cc1)Oc1ccc(Oc2ccccn2)cc1. The molecule has 0 aliphatic heterocycles. The molecule has 126 valence electrons. The molecule has 0 N–H and O–H groups in total. The van der Waals surface area contributed by atoms with E-state index in [-0.39, 0.29) is 6.61 Å². The minimum atomic E-state index is -0.506. The maximum absolute atomic E-state index is 11.8. The first kappa shape index (κ1) is 16.8. The highest BCUT2D eigenvalue weighted by Gasteiger charge is 2.07. The molecule has 0 fully saturated rings. The van der Waals surface area contributed by atoms with Gasteiger partial charge in [-0.1, -0.05) is 17.7 Å². The van der Waals surface area contributed by atoms with Crippen LogP contribution >= 0.6 is 11.6 Å². The number of carbonyl (C=O) groups excluding carboxylic acids is 1. The highest BCUT2D eigenvalue weighted by Crippen LogP contribution is 2.22. The second kappa shape index (κ2) is 8.17. The quantitative estimate of drug-likeness (QED) is 0.481. The molecular formula is C19H14ClNO4. The number of nitrogens with zero attached hydrogens (tertiary/aromatic N) is 1. The fourth-order valence-corrected chi connectivity index (χ4v) is 2.06. The lowest BCUT2D eigenvalue weighted by Crippen LogP contribution is -2.17. The summed E-state index contributed by atoms with van der Waals surface area (Å²) in [6, 6.07) is 18.8. The first-order valence-corrected chi connectivity index (χ1v) is 7.85. The third kappa shape index (κ3) is 5.22. The monoisotopic (exact) mass is 355 g/mol. The summed E-state index contributed by atoms with van der Waals surface area (Å²) in [5.74, 6) is 1.52. The second-order valence-corrected chi connectivity index (χ2v) is 5.39. The fourth-order valence-electron chi connectivity index (χ4n) is 1.94. The Morgan fingerprint density at radius 3 is 2.24 bits per heavy atom. The van der Waals surface area contributed by atoms with Gasteiger partial charge >= 0.3 is 5.97 Å². The molecule has 1 aromatic heterocycles. The average molecular weight is 356 g/mol. The van der Waals surface area contributed by atoms with E-state index in [1.165, 1.54) is 0 Å². The molecule has 0 bridgehead atoms. The number of carbonyl (C=O) groups is 1. The average Bonchev–Trinajstić information content (AvgIpc) is 2.64. The Hall–Kier alpha value is -3.05. The smallest absolute Gasteiger partial charge is 0.349 e. The van der Waals surface area contributed by atoms with Gasteiger partial charge in [-0.05, 0) is 54.6 Å². The molecule has 0 unspecified atom stereocenters. The molecule has 3 aromatic rings. The molecule has 0 amide bonds. The van der Waals surface area contributed by atoms with Crippen LogP contribution in [0.15, 0.2) is 72.9 Å². The van der Waals surface area contributed by atoms with E-state index < -0.39 is 5.97 Å². The number of aromatic nitrogens is 1. The third-order valence-electron chi connectivity index (χ3n) is 3.09. The molecular weight excluding hydrogens is 342 g/mol. The second-order valence-electron chi connectivity index (χ2n) is 4.96. The molecule has 0 radical (unpaired) electrons. The van der Waals surface area contributed by atoms with E-state index in [2.05, 4.69) is 4.98 Å². The predicted molar refractivity (Wildman–Crippen MR) is 93.3 cm³/mol.